The molecule has 1 N–H and O–H groups in total. The monoisotopic (exact) mass is 321 g/mol. The molecule has 0 spiro atoms. The molecular formula is C18H15N3O3. The number of carbonyl (C=O) groups is 2. The molecule has 0 fully saturated rings. The topological polar surface area (TPSA) is 81.2 Å². The van der Waals surface area contributed by atoms with Crippen LogP contribution in [0.4, 0.5) is 0 Å². The van der Waals surface area contributed by atoms with Gasteiger partial charge in [-0.3, -0.25) is 9.78 Å². The van der Waals surface area contributed by atoms with E-state index in [0.717, 1.165) is 0 Å². The van der Waals surface area contributed by atoms with Gasteiger partial charge in [-0.25, -0.2) is 9.78 Å². The lowest BCUT2D eigenvalue weighted by molar-refractivity contribution is -0.143. The third-order valence-corrected chi connectivity index (χ3v) is 3.53. The van der Waals surface area contributed by atoms with Crippen molar-refractivity contribution < 1.29 is 14.3 Å². The van der Waals surface area contributed by atoms with E-state index in [0.29, 0.717) is 16.6 Å². The third-order valence-electron chi connectivity index (χ3n) is 3.53. The molecule has 6 nitrogen and oxygen atoms in total. The van der Waals surface area contributed by atoms with Gasteiger partial charge in [-0.2, -0.15) is 0 Å². The van der Waals surface area contributed by atoms with Crippen LogP contribution in [-0.4, -0.2) is 29.0 Å². The minimum Gasteiger partial charge on any atom is -0.467 e. The summed E-state index contributed by atoms with van der Waals surface area (Å²) in [6.45, 7) is 0. The van der Waals surface area contributed by atoms with E-state index in [4.69, 9.17) is 4.74 Å². The van der Waals surface area contributed by atoms with Crippen molar-refractivity contribution in [3.05, 3.63) is 72.1 Å². The predicted molar refractivity (Wildman–Crippen MR) is 88.2 cm³/mol. The average Bonchev–Trinajstić information content (AvgIpc) is 2.65. The van der Waals surface area contributed by atoms with Crippen LogP contribution in [0.1, 0.15) is 22.1 Å². The van der Waals surface area contributed by atoms with E-state index in [1.807, 2.05) is 24.3 Å². The molecule has 0 saturated carbocycles. The Morgan fingerprint density at radius 2 is 1.67 bits per heavy atom. The van der Waals surface area contributed by atoms with Gasteiger partial charge in [-0.05, 0) is 17.7 Å². The van der Waals surface area contributed by atoms with Gasteiger partial charge in [0.15, 0.2) is 6.04 Å². The van der Waals surface area contributed by atoms with Crippen LogP contribution in [0.25, 0.3) is 11.0 Å². The lowest BCUT2D eigenvalue weighted by Gasteiger charge is -2.16. The van der Waals surface area contributed by atoms with Gasteiger partial charge in [-0.1, -0.05) is 42.5 Å². The fourth-order valence-corrected chi connectivity index (χ4v) is 2.31. The normalized spacial score (nSPS) is 11.7. The molecule has 0 radical (unpaired) electrons. The Bertz CT molecular complexity index is 881. The first kappa shape index (κ1) is 15.6. The molecule has 0 bridgehead atoms. The molecule has 0 aliphatic carbocycles. The Balaban J connectivity index is 1.88. The highest BCUT2D eigenvalue weighted by molar-refractivity contribution is 5.96. The Morgan fingerprint density at radius 3 is 2.38 bits per heavy atom. The predicted octanol–water partition coefficient (Wildman–Crippen LogP) is 2.27. The first-order chi connectivity index (χ1) is 11.7. The Kier molecular flexibility index (Phi) is 4.47. The van der Waals surface area contributed by atoms with Gasteiger partial charge in [0.05, 0.1) is 24.3 Å². The van der Waals surface area contributed by atoms with E-state index in [1.54, 1.807) is 30.3 Å². The van der Waals surface area contributed by atoms with Crippen LogP contribution in [0.3, 0.4) is 0 Å². The van der Waals surface area contributed by atoms with Crippen molar-refractivity contribution in [2.45, 2.75) is 6.04 Å². The van der Waals surface area contributed by atoms with Crippen LogP contribution in [0, 0.1) is 0 Å². The van der Waals surface area contributed by atoms with Crippen LogP contribution in [0.2, 0.25) is 0 Å². The highest BCUT2D eigenvalue weighted by Crippen LogP contribution is 2.15. The van der Waals surface area contributed by atoms with Gasteiger partial charge < -0.3 is 10.1 Å². The summed E-state index contributed by atoms with van der Waals surface area (Å²) in [6, 6.07) is 15.2. The number of nitrogens with zero attached hydrogens (tertiary/aromatic N) is 2. The minimum atomic E-state index is -0.906. The molecule has 6 heteroatoms. The molecule has 120 valence electrons. The number of nitrogens with one attached hydrogen (secondary N) is 1. The van der Waals surface area contributed by atoms with Crippen molar-refractivity contribution in [1.82, 2.24) is 15.3 Å². The minimum absolute atomic E-state index is 0.138. The fraction of sp³-hybridized carbons (Fsp3) is 0.111. The Morgan fingerprint density at radius 1 is 1.00 bits per heavy atom. The maximum absolute atomic E-state index is 12.5. The van der Waals surface area contributed by atoms with Gasteiger partial charge in [0.2, 0.25) is 0 Å². The Hall–Kier alpha value is -3.28. The van der Waals surface area contributed by atoms with Crippen molar-refractivity contribution >= 4 is 22.9 Å². The number of ether oxygens (including phenoxy) is 1. The molecule has 1 unspecified atom stereocenters. The largest absolute Gasteiger partial charge is 0.467 e. The molecule has 0 aliphatic heterocycles. The second-order valence-electron chi connectivity index (χ2n) is 5.08. The molecule has 2 aromatic carbocycles. The number of hydrogen-bond acceptors (Lipinski definition) is 5. The lowest BCUT2D eigenvalue weighted by Crippen LogP contribution is -2.35. The van der Waals surface area contributed by atoms with Crippen molar-refractivity contribution in [2.75, 3.05) is 7.11 Å². The Labute approximate surface area is 138 Å². The molecule has 1 amide bonds. The maximum atomic E-state index is 12.5. The van der Waals surface area contributed by atoms with Crippen LogP contribution in [0.15, 0.2) is 60.8 Å². The maximum Gasteiger partial charge on any atom is 0.333 e. The summed E-state index contributed by atoms with van der Waals surface area (Å²) in [4.78, 5) is 33.0. The van der Waals surface area contributed by atoms with Crippen molar-refractivity contribution in [2.24, 2.45) is 0 Å². The van der Waals surface area contributed by atoms with Gasteiger partial charge >= 0.3 is 5.97 Å². The number of carbonyl (C=O) groups excluding carboxylic acids is 2. The molecular weight excluding hydrogens is 306 g/mol. The van der Waals surface area contributed by atoms with Crippen LogP contribution in [-0.2, 0) is 9.53 Å². The molecule has 0 aliphatic rings. The average molecular weight is 321 g/mol. The van der Waals surface area contributed by atoms with Crippen molar-refractivity contribution in [3.8, 4) is 0 Å². The molecule has 0 saturated heterocycles. The van der Waals surface area contributed by atoms with Crippen LogP contribution < -0.4 is 5.32 Å². The summed E-state index contributed by atoms with van der Waals surface area (Å²) in [5.41, 5.74) is 2.08. The van der Waals surface area contributed by atoms with Crippen LogP contribution >= 0.6 is 0 Å². The van der Waals surface area contributed by atoms with Crippen molar-refractivity contribution in [3.63, 3.8) is 0 Å². The number of methoxy groups -OCH3 is 1. The second-order valence-corrected chi connectivity index (χ2v) is 5.08. The summed E-state index contributed by atoms with van der Waals surface area (Å²) >= 11 is 0. The first-order valence-electron chi connectivity index (χ1n) is 7.34. The number of aromatic nitrogens is 2. The number of amides is 1. The zero-order valence-electron chi connectivity index (χ0n) is 13.0. The van der Waals surface area contributed by atoms with Crippen LogP contribution in [0.5, 0.6) is 0 Å². The van der Waals surface area contributed by atoms with Gasteiger partial charge in [-0.15, -0.1) is 0 Å². The van der Waals surface area contributed by atoms with E-state index in [-0.39, 0.29) is 5.69 Å². The highest BCUT2D eigenvalue weighted by atomic mass is 16.5. The zero-order chi connectivity index (χ0) is 16.9. The standard InChI is InChI=1S/C18H15N3O3/c1-24-18(23)16(12-7-3-2-4-8-12)21-17(22)15-11-19-13-9-5-6-10-14(13)20-15/h2-11,16H,1H3,(H,21,22). The quantitative estimate of drug-likeness (QED) is 0.746. The number of hydrogen-bond donors (Lipinski definition) is 1. The summed E-state index contributed by atoms with van der Waals surface area (Å²) in [5.74, 6) is -1.05. The molecule has 1 atom stereocenters. The summed E-state index contributed by atoms with van der Waals surface area (Å²) in [5, 5.41) is 2.65. The third kappa shape index (κ3) is 3.22. The summed E-state index contributed by atoms with van der Waals surface area (Å²) < 4.78 is 4.78. The number of para-hydroxylation sites is 2. The lowest BCUT2D eigenvalue weighted by atomic mass is 10.1. The van der Waals surface area contributed by atoms with E-state index in [1.165, 1.54) is 13.3 Å². The van der Waals surface area contributed by atoms with Gasteiger partial charge in [0, 0.05) is 0 Å². The van der Waals surface area contributed by atoms with Gasteiger partial charge in [0.25, 0.3) is 5.91 Å². The van der Waals surface area contributed by atoms with Crippen molar-refractivity contribution in [1.29, 1.82) is 0 Å². The summed E-state index contributed by atoms with van der Waals surface area (Å²) in [7, 11) is 1.28. The van der Waals surface area contributed by atoms with E-state index >= 15 is 0 Å². The number of fused-ring (bicyclic) bond motifs is 1. The number of benzene rings is 2. The molecule has 1 aromatic heterocycles. The first-order valence-corrected chi connectivity index (χ1v) is 7.34. The SMILES string of the molecule is COC(=O)C(NC(=O)c1cnc2ccccc2n1)c1ccccc1. The van der Waals surface area contributed by atoms with Gasteiger partial charge in [0.1, 0.15) is 5.69 Å². The zero-order valence-corrected chi connectivity index (χ0v) is 13.0. The molecule has 3 rings (SSSR count). The van der Waals surface area contributed by atoms with E-state index in [2.05, 4.69) is 15.3 Å². The highest BCUT2D eigenvalue weighted by Gasteiger charge is 2.24. The molecule has 1 heterocycles. The smallest absolute Gasteiger partial charge is 0.333 e. The number of rotatable bonds is 4. The molecule has 3 aromatic rings. The number of esters is 1. The second kappa shape index (κ2) is 6.87. The molecule has 24 heavy (non-hydrogen) atoms. The fourth-order valence-electron chi connectivity index (χ4n) is 2.31. The van der Waals surface area contributed by atoms with E-state index in [9.17, 15) is 9.59 Å². The summed E-state index contributed by atoms with van der Waals surface area (Å²) in [6.07, 6.45) is 1.39. The van der Waals surface area contributed by atoms with E-state index < -0.39 is 17.9 Å².